The number of carbonyl (C=O) groups excluding carboxylic acids is 2. The molecule has 24 heavy (non-hydrogen) atoms. The number of aromatic hydroxyl groups is 1. The molecule has 124 valence electrons. The lowest BCUT2D eigenvalue weighted by molar-refractivity contribution is -0.139. The lowest BCUT2D eigenvalue weighted by Crippen LogP contribution is -2.28. The number of carbonyl (C=O) groups is 2. The smallest absolute Gasteiger partial charge is 0.354 e. The van der Waals surface area contributed by atoms with Crippen LogP contribution in [0.5, 0.6) is 5.75 Å². The van der Waals surface area contributed by atoms with E-state index in [1.165, 1.54) is 18.2 Å². The maximum atomic E-state index is 12.3. The van der Waals surface area contributed by atoms with Gasteiger partial charge in [0.2, 0.25) is 0 Å². The first-order valence-electron chi connectivity index (χ1n) is 7.64. The van der Waals surface area contributed by atoms with Gasteiger partial charge in [-0.1, -0.05) is 37.3 Å². The number of ether oxygens (including phenoxy) is 1. The minimum absolute atomic E-state index is 0.0444. The molecule has 0 saturated heterocycles. The van der Waals surface area contributed by atoms with Gasteiger partial charge in [-0.25, -0.2) is 4.79 Å². The molecule has 0 bridgehead atoms. The Morgan fingerprint density at radius 1 is 1.08 bits per heavy atom. The van der Waals surface area contributed by atoms with E-state index in [9.17, 15) is 14.7 Å². The number of nitrogens with one attached hydrogen (secondary N) is 1. The SMILES string of the molecule is CCCOC(=O)C(=Cc1ccc(O)cc1)NC(=O)c1ccccc1. The predicted molar refractivity (Wildman–Crippen MR) is 91.2 cm³/mol. The predicted octanol–water partition coefficient (Wildman–Crippen LogP) is 3.12. The van der Waals surface area contributed by atoms with Crippen molar-refractivity contribution < 1.29 is 19.4 Å². The van der Waals surface area contributed by atoms with Crippen LogP contribution in [0.1, 0.15) is 29.3 Å². The van der Waals surface area contributed by atoms with Gasteiger partial charge in [0.15, 0.2) is 0 Å². The summed E-state index contributed by atoms with van der Waals surface area (Å²) in [6.45, 7) is 2.16. The van der Waals surface area contributed by atoms with Gasteiger partial charge in [-0.15, -0.1) is 0 Å². The summed E-state index contributed by atoms with van der Waals surface area (Å²) in [6, 6.07) is 14.9. The molecule has 0 heterocycles. The Bertz CT molecular complexity index is 721. The fourth-order valence-electron chi connectivity index (χ4n) is 1.94. The molecule has 2 aromatic carbocycles. The summed E-state index contributed by atoms with van der Waals surface area (Å²) < 4.78 is 5.11. The molecule has 0 fully saturated rings. The van der Waals surface area contributed by atoms with Crippen LogP contribution >= 0.6 is 0 Å². The van der Waals surface area contributed by atoms with E-state index in [1.54, 1.807) is 42.5 Å². The van der Waals surface area contributed by atoms with Gasteiger partial charge < -0.3 is 15.2 Å². The third kappa shape index (κ3) is 4.98. The Kier molecular flexibility index (Phi) is 6.14. The van der Waals surface area contributed by atoms with Crippen LogP contribution in [-0.4, -0.2) is 23.6 Å². The molecule has 0 radical (unpaired) electrons. The summed E-state index contributed by atoms with van der Waals surface area (Å²) in [5.41, 5.74) is 1.14. The number of hydrogen-bond acceptors (Lipinski definition) is 4. The lowest BCUT2D eigenvalue weighted by Gasteiger charge is -2.10. The van der Waals surface area contributed by atoms with E-state index in [-0.39, 0.29) is 18.1 Å². The average Bonchev–Trinajstić information content (AvgIpc) is 2.61. The van der Waals surface area contributed by atoms with E-state index >= 15 is 0 Å². The second-order valence-corrected chi connectivity index (χ2v) is 5.11. The van der Waals surface area contributed by atoms with Crippen LogP contribution in [0.4, 0.5) is 0 Å². The number of esters is 1. The molecule has 5 heteroatoms. The van der Waals surface area contributed by atoms with E-state index < -0.39 is 11.9 Å². The zero-order valence-electron chi connectivity index (χ0n) is 13.4. The van der Waals surface area contributed by atoms with E-state index in [1.807, 2.05) is 6.92 Å². The highest BCUT2D eigenvalue weighted by molar-refractivity contribution is 6.03. The van der Waals surface area contributed by atoms with Gasteiger partial charge in [-0.2, -0.15) is 0 Å². The molecule has 5 nitrogen and oxygen atoms in total. The minimum atomic E-state index is -0.603. The monoisotopic (exact) mass is 325 g/mol. The van der Waals surface area contributed by atoms with Gasteiger partial charge in [0.05, 0.1) is 6.61 Å². The van der Waals surface area contributed by atoms with Gasteiger partial charge in [0.25, 0.3) is 5.91 Å². The molecule has 0 atom stereocenters. The fraction of sp³-hybridized carbons (Fsp3) is 0.158. The van der Waals surface area contributed by atoms with Crippen molar-refractivity contribution in [3.8, 4) is 5.75 Å². The maximum absolute atomic E-state index is 12.3. The average molecular weight is 325 g/mol. The molecule has 1 amide bonds. The largest absolute Gasteiger partial charge is 0.508 e. The van der Waals surface area contributed by atoms with Crippen LogP contribution in [0.2, 0.25) is 0 Å². The second kappa shape index (κ2) is 8.53. The van der Waals surface area contributed by atoms with Crippen LogP contribution in [-0.2, 0) is 9.53 Å². The highest BCUT2D eigenvalue weighted by Crippen LogP contribution is 2.13. The van der Waals surface area contributed by atoms with Crippen LogP contribution in [0, 0.1) is 0 Å². The number of rotatable bonds is 6. The number of phenols is 1. The second-order valence-electron chi connectivity index (χ2n) is 5.11. The van der Waals surface area contributed by atoms with Gasteiger partial charge in [0, 0.05) is 5.56 Å². The van der Waals surface area contributed by atoms with Gasteiger partial charge in [0.1, 0.15) is 11.4 Å². The third-order valence-corrected chi connectivity index (χ3v) is 3.15. The topological polar surface area (TPSA) is 75.6 Å². The Hall–Kier alpha value is -3.08. The van der Waals surface area contributed by atoms with Gasteiger partial charge in [-0.3, -0.25) is 4.79 Å². The maximum Gasteiger partial charge on any atom is 0.354 e. The lowest BCUT2D eigenvalue weighted by atomic mass is 10.1. The van der Waals surface area contributed by atoms with E-state index in [0.717, 1.165) is 0 Å². The first kappa shape index (κ1) is 17.3. The van der Waals surface area contributed by atoms with Gasteiger partial charge >= 0.3 is 5.97 Å². The quantitative estimate of drug-likeness (QED) is 0.632. The van der Waals surface area contributed by atoms with Crippen molar-refractivity contribution >= 4 is 18.0 Å². The summed E-state index contributed by atoms with van der Waals surface area (Å²) in [6.07, 6.45) is 2.20. The molecule has 0 spiro atoms. The Morgan fingerprint density at radius 2 is 1.75 bits per heavy atom. The molecule has 0 aliphatic carbocycles. The van der Waals surface area contributed by atoms with E-state index in [2.05, 4.69) is 5.32 Å². The molecule has 0 saturated carbocycles. The minimum Gasteiger partial charge on any atom is -0.508 e. The number of phenolic OH excluding ortho intramolecular Hbond substituents is 1. The summed E-state index contributed by atoms with van der Waals surface area (Å²) in [5.74, 6) is -0.876. The molecule has 0 aliphatic rings. The molecule has 0 aromatic heterocycles. The Morgan fingerprint density at radius 3 is 2.38 bits per heavy atom. The Balaban J connectivity index is 2.23. The number of benzene rings is 2. The molecule has 2 N–H and O–H groups in total. The molecular formula is C19H19NO4. The van der Waals surface area contributed by atoms with Crippen molar-refractivity contribution in [2.75, 3.05) is 6.61 Å². The van der Waals surface area contributed by atoms with Crippen LogP contribution < -0.4 is 5.32 Å². The molecule has 2 rings (SSSR count). The molecule has 2 aromatic rings. The Labute approximate surface area is 140 Å². The van der Waals surface area contributed by atoms with Crippen molar-refractivity contribution in [1.29, 1.82) is 0 Å². The number of hydrogen-bond donors (Lipinski definition) is 2. The van der Waals surface area contributed by atoms with E-state index in [4.69, 9.17) is 4.74 Å². The first-order valence-corrected chi connectivity index (χ1v) is 7.64. The standard InChI is InChI=1S/C19H19NO4/c1-2-12-24-19(23)17(13-14-8-10-16(21)11-9-14)20-18(22)15-6-4-3-5-7-15/h3-11,13,21H,2,12H2,1H3,(H,20,22). The number of amides is 1. The normalized spacial score (nSPS) is 11.0. The van der Waals surface area contributed by atoms with Crippen LogP contribution in [0.25, 0.3) is 6.08 Å². The molecule has 0 unspecified atom stereocenters. The summed E-state index contributed by atoms with van der Waals surface area (Å²) in [5, 5.41) is 11.9. The van der Waals surface area contributed by atoms with Crippen molar-refractivity contribution in [2.24, 2.45) is 0 Å². The zero-order valence-corrected chi connectivity index (χ0v) is 13.4. The summed E-state index contributed by atoms with van der Waals surface area (Å²) in [4.78, 5) is 24.5. The van der Waals surface area contributed by atoms with Crippen molar-refractivity contribution in [1.82, 2.24) is 5.32 Å². The van der Waals surface area contributed by atoms with Crippen LogP contribution in [0.3, 0.4) is 0 Å². The first-order chi connectivity index (χ1) is 11.6. The fourth-order valence-corrected chi connectivity index (χ4v) is 1.94. The summed E-state index contributed by atoms with van der Waals surface area (Å²) in [7, 11) is 0. The van der Waals surface area contributed by atoms with Crippen LogP contribution in [0.15, 0.2) is 60.3 Å². The summed E-state index contributed by atoms with van der Waals surface area (Å²) >= 11 is 0. The van der Waals surface area contributed by atoms with E-state index in [0.29, 0.717) is 17.5 Å². The van der Waals surface area contributed by atoms with Crippen molar-refractivity contribution in [3.05, 3.63) is 71.4 Å². The highest BCUT2D eigenvalue weighted by atomic mass is 16.5. The van der Waals surface area contributed by atoms with Crippen molar-refractivity contribution in [3.63, 3.8) is 0 Å². The zero-order chi connectivity index (χ0) is 17.4. The molecular weight excluding hydrogens is 306 g/mol. The van der Waals surface area contributed by atoms with Gasteiger partial charge in [-0.05, 0) is 42.3 Å². The highest BCUT2D eigenvalue weighted by Gasteiger charge is 2.15. The molecule has 0 aliphatic heterocycles. The third-order valence-electron chi connectivity index (χ3n) is 3.15. The van der Waals surface area contributed by atoms with Crippen molar-refractivity contribution in [2.45, 2.75) is 13.3 Å².